The van der Waals surface area contributed by atoms with Crippen molar-refractivity contribution in [3.05, 3.63) is 70.7 Å². The topological polar surface area (TPSA) is 92.8 Å². The van der Waals surface area contributed by atoms with E-state index in [1.54, 1.807) is 19.1 Å². The normalized spacial score (nSPS) is 23.6. The first-order valence-corrected chi connectivity index (χ1v) is 15.1. The molecule has 0 saturated carbocycles. The summed E-state index contributed by atoms with van der Waals surface area (Å²) in [4.78, 5) is 4.23. The molecule has 2 aromatic carbocycles. The van der Waals surface area contributed by atoms with Crippen molar-refractivity contribution in [2.24, 2.45) is 0 Å². The van der Waals surface area contributed by atoms with E-state index in [1.807, 2.05) is 11.8 Å². The Bertz CT molecular complexity index is 1400. The molecular weight excluding hydrogens is 578 g/mol. The van der Waals surface area contributed by atoms with Gasteiger partial charge in [0.15, 0.2) is 12.1 Å². The number of rotatable bonds is 8. The number of H-pyrrole nitrogens is 1. The SMILES string of the molecule is C[C@@H](O[C@H]1OCCN(c2n[nH]nc2CN2CCOCC2)[C@@]1(C)c1ccc(F)cc1)c1cc(S(C)=O)cc(C(F)(F)F)c1. The van der Waals surface area contributed by atoms with E-state index in [4.69, 9.17) is 14.2 Å². The Morgan fingerprint density at radius 3 is 2.50 bits per heavy atom. The molecule has 5 rings (SSSR count). The number of aromatic amines is 1. The lowest BCUT2D eigenvalue weighted by atomic mass is 9.87. The summed E-state index contributed by atoms with van der Waals surface area (Å²) in [6, 6.07) is 9.25. The van der Waals surface area contributed by atoms with Crippen molar-refractivity contribution < 1.29 is 36.0 Å². The van der Waals surface area contributed by atoms with Gasteiger partial charge in [-0.15, -0.1) is 5.10 Å². The van der Waals surface area contributed by atoms with Crippen LogP contribution in [0.4, 0.5) is 23.4 Å². The van der Waals surface area contributed by atoms with Crippen LogP contribution < -0.4 is 4.90 Å². The van der Waals surface area contributed by atoms with Gasteiger partial charge in [-0.2, -0.15) is 23.5 Å². The first-order chi connectivity index (χ1) is 20.0. The molecule has 1 N–H and O–H groups in total. The highest BCUT2D eigenvalue weighted by molar-refractivity contribution is 7.84. The van der Waals surface area contributed by atoms with Crippen LogP contribution in [0.25, 0.3) is 0 Å². The van der Waals surface area contributed by atoms with Crippen LogP contribution in [0.1, 0.15) is 42.3 Å². The largest absolute Gasteiger partial charge is 0.416 e. The number of hydrogen-bond acceptors (Lipinski definition) is 8. The lowest BCUT2D eigenvalue weighted by molar-refractivity contribution is -0.216. The zero-order valence-corrected chi connectivity index (χ0v) is 24.3. The summed E-state index contributed by atoms with van der Waals surface area (Å²) < 4.78 is 85.3. The van der Waals surface area contributed by atoms with Crippen molar-refractivity contribution in [3.8, 4) is 0 Å². The van der Waals surface area contributed by atoms with Crippen molar-refractivity contribution >= 4 is 16.6 Å². The van der Waals surface area contributed by atoms with E-state index in [0.717, 1.165) is 25.2 Å². The summed E-state index contributed by atoms with van der Waals surface area (Å²) in [5.41, 5.74) is -0.447. The molecule has 3 aromatic rings. The number of halogens is 4. The van der Waals surface area contributed by atoms with Gasteiger partial charge in [-0.1, -0.05) is 12.1 Å². The fourth-order valence-electron chi connectivity index (χ4n) is 5.34. The highest BCUT2D eigenvalue weighted by atomic mass is 32.2. The molecule has 2 fully saturated rings. The molecule has 228 valence electrons. The Hall–Kier alpha value is -2.91. The number of hydrogen-bond donors (Lipinski definition) is 1. The molecule has 0 spiro atoms. The number of nitrogens with one attached hydrogen (secondary N) is 1. The van der Waals surface area contributed by atoms with Gasteiger partial charge in [0.05, 0.1) is 31.5 Å². The van der Waals surface area contributed by atoms with Crippen LogP contribution >= 0.6 is 0 Å². The second kappa shape index (κ2) is 12.4. The maximum atomic E-state index is 14.0. The average Bonchev–Trinajstić information content (AvgIpc) is 3.41. The lowest BCUT2D eigenvalue weighted by Gasteiger charge is -2.50. The molecule has 2 aliphatic rings. The summed E-state index contributed by atoms with van der Waals surface area (Å²) in [5.74, 6) is 0.149. The van der Waals surface area contributed by atoms with E-state index in [2.05, 4.69) is 20.3 Å². The third-order valence-corrected chi connectivity index (χ3v) is 8.65. The molecule has 14 heteroatoms. The van der Waals surface area contributed by atoms with Crippen molar-refractivity contribution in [2.45, 2.75) is 49.4 Å². The summed E-state index contributed by atoms with van der Waals surface area (Å²) in [6.45, 7) is 7.36. The Morgan fingerprint density at radius 2 is 1.83 bits per heavy atom. The molecule has 0 radical (unpaired) electrons. The molecule has 0 aliphatic carbocycles. The summed E-state index contributed by atoms with van der Waals surface area (Å²) >= 11 is 0. The first-order valence-electron chi connectivity index (χ1n) is 13.5. The maximum absolute atomic E-state index is 14.0. The summed E-state index contributed by atoms with van der Waals surface area (Å²) in [6.07, 6.45) is -5.20. The molecular formula is C28H33F4N5O4S. The number of morpholine rings is 2. The Kier molecular flexibility index (Phi) is 8.99. The minimum Gasteiger partial charge on any atom is -0.379 e. The summed E-state index contributed by atoms with van der Waals surface area (Å²) in [7, 11) is -1.65. The maximum Gasteiger partial charge on any atom is 0.416 e. The van der Waals surface area contributed by atoms with Crippen LogP contribution in [0.15, 0.2) is 47.4 Å². The first kappa shape index (κ1) is 30.5. The zero-order chi connectivity index (χ0) is 30.1. The standard InChI is InChI=1S/C28H33F4N5O4S/c1-18(19-14-21(28(30,31)32)16-23(15-19)42(3)38)41-26-27(2,20-4-6-22(29)7-5-20)37(10-13-40-26)25-24(33-35-34-25)17-36-8-11-39-12-9-36/h4-7,14-16,18,26H,8-13,17H2,1-3H3,(H,33,34,35)/t18-,26-,27+,42?/m1/s1. The van der Waals surface area contributed by atoms with Gasteiger partial charge in [0.1, 0.15) is 17.1 Å². The van der Waals surface area contributed by atoms with Gasteiger partial charge in [-0.05, 0) is 55.3 Å². The Morgan fingerprint density at radius 1 is 1.12 bits per heavy atom. The number of nitrogens with zero attached hydrogens (tertiary/aromatic N) is 4. The van der Waals surface area contributed by atoms with Crippen LogP contribution in [0.3, 0.4) is 0 Å². The van der Waals surface area contributed by atoms with Crippen LogP contribution in [-0.2, 0) is 43.3 Å². The predicted molar refractivity (Wildman–Crippen MR) is 147 cm³/mol. The second-order valence-electron chi connectivity index (χ2n) is 10.5. The van der Waals surface area contributed by atoms with Gasteiger partial charge in [0.25, 0.3) is 0 Å². The number of ether oxygens (including phenoxy) is 3. The summed E-state index contributed by atoms with van der Waals surface area (Å²) in [5, 5.41) is 11.6. The average molecular weight is 612 g/mol. The lowest BCUT2D eigenvalue weighted by Crippen LogP contribution is -2.60. The van der Waals surface area contributed by atoms with E-state index in [1.165, 1.54) is 24.5 Å². The molecule has 42 heavy (non-hydrogen) atoms. The predicted octanol–water partition coefficient (Wildman–Crippen LogP) is 4.39. The highest BCUT2D eigenvalue weighted by Gasteiger charge is 2.48. The number of benzene rings is 2. The van der Waals surface area contributed by atoms with Crippen LogP contribution in [0.5, 0.6) is 0 Å². The van der Waals surface area contributed by atoms with Crippen LogP contribution in [-0.4, -0.2) is 76.5 Å². The quantitative estimate of drug-likeness (QED) is 0.375. The van der Waals surface area contributed by atoms with E-state index < -0.39 is 46.3 Å². The van der Waals surface area contributed by atoms with Crippen molar-refractivity contribution in [1.82, 2.24) is 20.3 Å². The molecule has 0 bridgehead atoms. The fraction of sp³-hybridized carbons (Fsp3) is 0.500. The van der Waals surface area contributed by atoms with Crippen molar-refractivity contribution in [3.63, 3.8) is 0 Å². The molecule has 2 aliphatic heterocycles. The van der Waals surface area contributed by atoms with Gasteiger partial charge >= 0.3 is 6.18 Å². The molecule has 0 amide bonds. The van der Waals surface area contributed by atoms with Crippen LogP contribution in [0.2, 0.25) is 0 Å². The van der Waals surface area contributed by atoms with Gasteiger partial charge in [-0.3, -0.25) is 9.11 Å². The van der Waals surface area contributed by atoms with Crippen LogP contribution in [0, 0.1) is 5.82 Å². The van der Waals surface area contributed by atoms with E-state index in [0.29, 0.717) is 43.4 Å². The van der Waals surface area contributed by atoms with Gasteiger partial charge in [-0.25, -0.2) is 4.39 Å². The van der Waals surface area contributed by atoms with Crippen molar-refractivity contribution in [1.29, 1.82) is 0 Å². The number of alkyl halides is 3. The Balaban J connectivity index is 1.51. The number of aromatic nitrogens is 3. The fourth-order valence-corrected chi connectivity index (χ4v) is 5.94. The highest BCUT2D eigenvalue weighted by Crippen LogP contribution is 2.43. The minimum absolute atomic E-state index is 0.0399. The molecule has 9 nitrogen and oxygen atoms in total. The number of anilines is 1. The van der Waals surface area contributed by atoms with E-state index in [-0.39, 0.29) is 17.1 Å². The zero-order valence-electron chi connectivity index (χ0n) is 23.5. The molecule has 1 unspecified atom stereocenters. The van der Waals surface area contributed by atoms with E-state index >= 15 is 0 Å². The van der Waals surface area contributed by atoms with E-state index in [9.17, 15) is 21.8 Å². The minimum atomic E-state index is -4.63. The van der Waals surface area contributed by atoms with Crippen molar-refractivity contribution in [2.75, 3.05) is 50.6 Å². The molecule has 1 aromatic heterocycles. The van der Waals surface area contributed by atoms with Gasteiger partial charge in [0, 0.05) is 48.1 Å². The molecule has 3 heterocycles. The van der Waals surface area contributed by atoms with Gasteiger partial charge < -0.3 is 19.1 Å². The monoisotopic (exact) mass is 611 g/mol. The third kappa shape index (κ3) is 6.37. The Labute approximate surface area is 243 Å². The smallest absolute Gasteiger partial charge is 0.379 e. The molecule has 4 atom stereocenters. The molecule has 2 saturated heterocycles. The third-order valence-electron chi connectivity index (χ3n) is 7.75. The van der Waals surface area contributed by atoms with Gasteiger partial charge in [0.2, 0.25) is 0 Å². The second-order valence-corrected chi connectivity index (χ2v) is 11.9.